The highest BCUT2D eigenvalue weighted by Crippen LogP contribution is 2.28. The smallest absolute Gasteiger partial charge is 0.0897 e. The minimum absolute atomic E-state index is 0.915. The number of nitrogens with two attached hydrogens (primary N) is 1. The van der Waals surface area contributed by atoms with Gasteiger partial charge in [0, 0.05) is 30.7 Å². The summed E-state index contributed by atoms with van der Waals surface area (Å²) in [5.41, 5.74) is 10.7. The molecule has 0 bridgehead atoms. The number of fused-ring (bicyclic) bond motifs is 1. The first-order chi connectivity index (χ1) is 8.22. The Kier molecular flexibility index (Phi) is 2.61. The van der Waals surface area contributed by atoms with Crippen LogP contribution in [0, 0.1) is 6.92 Å². The second-order valence-electron chi connectivity index (χ2n) is 4.49. The van der Waals surface area contributed by atoms with E-state index in [1.54, 1.807) is 11.3 Å². The van der Waals surface area contributed by atoms with E-state index >= 15 is 0 Å². The van der Waals surface area contributed by atoms with Crippen LogP contribution in [-0.2, 0) is 19.6 Å². The van der Waals surface area contributed by atoms with Gasteiger partial charge in [0.1, 0.15) is 0 Å². The Hall–Kier alpha value is -1.39. The number of nitrogen functional groups attached to an aromatic ring is 1. The van der Waals surface area contributed by atoms with E-state index in [0.29, 0.717) is 0 Å². The van der Waals surface area contributed by atoms with Crippen molar-refractivity contribution >= 4 is 17.0 Å². The number of aromatic nitrogens is 1. The van der Waals surface area contributed by atoms with Gasteiger partial charge in [-0.05, 0) is 24.1 Å². The van der Waals surface area contributed by atoms with E-state index in [9.17, 15) is 0 Å². The maximum atomic E-state index is 5.99. The van der Waals surface area contributed by atoms with Gasteiger partial charge in [-0.1, -0.05) is 12.1 Å². The number of hydrogen-bond donors (Lipinski definition) is 1. The van der Waals surface area contributed by atoms with Gasteiger partial charge >= 0.3 is 0 Å². The highest BCUT2D eigenvalue weighted by molar-refractivity contribution is 7.09. The van der Waals surface area contributed by atoms with E-state index in [0.717, 1.165) is 30.3 Å². The van der Waals surface area contributed by atoms with Crippen molar-refractivity contribution in [3.8, 4) is 0 Å². The van der Waals surface area contributed by atoms with Crippen LogP contribution in [0.3, 0.4) is 0 Å². The molecule has 88 valence electrons. The fraction of sp³-hybridized carbons (Fsp3) is 0.308. The van der Waals surface area contributed by atoms with Crippen molar-refractivity contribution in [2.45, 2.75) is 26.6 Å². The van der Waals surface area contributed by atoms with Crippen molar-refractivity contribution in [1.29, 1.82) is 0 Å². The lowest BCUT2D eigenvalue weighted by molar-refractivity contribution is 0.273. The average Bonchev–Trinajstić information content (AvgIpc) is 2.86. The molecule has 0 saturated carbocycles. The summed E-state index contributed by atoms with van der Waals surface area (Å²) in [7, 11) is 0. The lowest BCUT2D eigenvalue weighted by Gasteiger charge is -2.12. The van der Waals surface area contributed by atoms with E-state index in [-0.39, 0.29) is 0 Å². The summed E-state index contributed by atoms with van der Waals surface area (Å²) in [4.78, 5) is 6.89. The fourth-order valence-electron chi connectivity index (χ4n) is 2.34. The van der Waals surface area contributed by atoms with E-state index < -0.39 is 0 Å². The zero-order valence-corrected chi connectivity index (χ0v) is 10.6. The molecule has 0 amide bonds. The van der Waals surface area contributed by atoms with Gasteiger partial charge in [0.2, 0.25) is 0 Å². The predicted molar refractivity (Wildman–Crippen MR) is 70.7 cm³/mol. The third-order valence-corrected chi connectivity index (χ3v) is 3.96. The van der Waals surface area contributed by atoms with Gasteiger partial charge in [0.15, 0.2) is 0 Å². The number of anilines is 1. The maximum absolute atomic E-state index is 5.99. The minimum Gasteiger partial charge on any atom is -0.398 e. The summed E-state index contributed by atoms with van der Waals surface area (Å²) >= 11 is 1.71. The lowest BCUT2D eigenvalue weighted by Crippen LogP contribution is -2.15. The largest absolute Gasteiger partial charge is 0.398 e. The number of hydrogen-bond acceptors (Lipinski definition) is 4. The predicted octanol–water partition coefficient (Wildman–Crippen LogP) is 2.55. The number of benzene rings is 1. The van der Waals surface area contributed by atoms with E-state index in [1.165, 1.54) is 16.8 Å². The van der Waals surface area contributed by atoms with E-state index in [2.05, 4.69) is 21.3 Å². The molecule has 2 heterocycles. The summed E-state index contributed by atoms with van der Waals surface area (Å²) < 4.78 is 0. The highest BCUT2D eigenvalue weighted by atomic mass is 32.1. The molecule has 0 atom stereocenters. The first-order valence-electron chi connectivity index (χ1n) is 5.72. The number of nitrogens with zero attached hydrogens (tertiary/aromatic N) is 2. The molecule has 0 saturated heterocycles. The molecule has 2 aromatic rings. The summed E-state index contributed by atoms with van der Waals surface area (Å²) in [5.74, 6) is 0. The molecule has 4 heteroatoms. The first kappa shape index (κ1) is 10.7. The molecule has 0 unspecified atom stereocenters. The summed E-state index contributed by atoms with van der Waals surface area (Å²) in [6.45, 7) is 4.89. The fourth-order valence-corrected chi connectivity index (χ4v) is 2.94. The van der Waals surface area contributed by atoms with Crippen LogP contribution in [0.1, 0.15) is 21.8 Å². The second kappa shape index (κ2) is 4.13. The molecule has 3 nitrogen and oxygen atoms in total. The summed E-state index contributed by atoms with van der Waals surface area (Å²) in [5, 5.41) is 3.28. The van der Waals surface area contributed by atoms with Gasteiger partial charge in [-0.25, -0.2) is 4.98 Å². The van der Waals surface area contributed by atoms with Gasteiger partial charge in [-0.3, -0.25) is 4.90 Å². The van der Waals surface area contributed by atoms with Crippen LogP contribution in [0.5, 0.6) is 0 Å². The molecule has 0 aliphatic carbocycles. The van der Waals surface area contributed by atoms with Gasteiger partial charge in [-0.2, -0.15) is 0 Å². The van der Waals surface area contributed by atoms with Crippen LogP contribution in [-0.4, -0.2) is 9.88 Å². The third-order valence-electron chi connectivity index (χ3n) is 3.14. The van der Waals surface area contributed by atoms with Crippen molar-refractivity contribution < 1.29 is 0 Å². The molecule has 1 aromatic carbocycles. The molecule has 2 N–H and O–H groups in total. The Morgan fingerprint density at radius 2 is 2.29 bits per heavy atom. The lowest BCUT2D eigenvalue weighted by atomic mass is 10.1. The summed E-state index contributed by atoms with van der Waals surface area (Å²) in [6.07, 6.45) is 0. The molecule has 0 fully saturated rings. The van der Waals surface area contributed by atoms with Crippen LogP contribution in [0.4, 0.5) is 5.69 Å². The highest BCUT2D eigenvalue weighted by Gasteiger charge is 2.21. The number of rotatable bonds is 2. The van der Waals surface area contributed by atoms with Crippen LogP contribution in [0.15, 0.2) is 23.6 Å². The SMILES string of the molecule is Cc1nc(CN2Cc3cccc(N)c3C2)cs1. The van der Waals surface area contributed by atoms with E-state index in [4.69, 9.17) is 5.73 Å². The molecular formula is C13H15N3S. The number of aryl methyl sites for hydroxylation is 1. The topological polar surface area (TPSA) is 42.2 Å². The van der Waals surface area contributed by atoms with Crippen LogP contribution < -0.4 is 5.73 Å². The Morgan fingerprint density at radius 1 is 1.41 bits per heavy atom. The number of thiazole rings is 1. The minimum atomic E-state index is 0.915. The van der Waals surface area contributed by atoms with Gasteiger partial charge in [0.05, 0.1) is 10.7 Å². The molecule has 0 spiro atoms. The second-order valence-corrected chi connectivity index (χ2v) is 5.55. The Bertz CT molecular complexity index is 547. The normalized spacial score (nSPS) is 15.1. The van der Waals surface area contributed by atoms with Crippen molar-refractivity contribution in [2.75, 3.05) is 5.73 Å². The van der Waals surface area contributed by atoms with Crippen LogP contribution in [0.2, 0.25) is 0 Å². The van der Waals surface area contributed by atoms with Crippen LogP contribution >= 0.6 is 11.3 Å². The Labute approximate surface area is 105 Å². The third kappa shape index (κ3) is 2.06. The average molecular weight is 245 g/mol. The maximum Gasteiger partial charge on any atom is 0.0897 e. The van der Waals surface area contributed by atoms with Gasteiger partial charge in [-0.15, -0.1) is 11.3 Å². The standard InChI is InChI=1S/C13H15N3S/c1-9-15-11(8-17-9)6-16-5-10-3-2-4-13(14)12(10)7-16/h2-4,8H,5-7,14H2,1H3. The van der Waals surface area contributed by atoms with Crippen molar-refractivity contribution in [1.82, 2.24) is 9.88 Å². The zero-order valence-electron chi connectivity index (χ0n) is 9.81. The summed E-state index contributed by atoms with van der Waals surface area (Å²) in [6, 6.07) is 6.18. The molecule has 1 aromatic heterocycles. The van der Waals surface area contributed by atoms with Crippen molar-refractivity contribution in [3.63, 3.8) is 0 Å². The molecule has 3 rings (SSSR count). The molecule has 17 heavy (non-hydrogen) atoms. The van der Waals surface area contributed by atoms with Gasteiger partial charge < -0.3 is 5.73 Å². The monoisotopic (exact) mass is 245 g/mol. The van der Waals surface area contributed by atoms with Crippen LogP contribution in [0.25, 0.3) is 0 Å². The van der Waals surface area contributed by atoms with E-state index in [1.807, 2.05) is 19.1 Å². The van der Waals surface area contributed by atoms with Gasteiger partial charge in [0.25, 0.3) is 0 Å². The Balaban J connectivity index is 1.76. The molecule has 1 aliphatic heterocycles. The first-order valence-corrected chi connectivity index (χ1v) is 6.60. The quantitative estimate of drug-likeness (QED) is 0.827. The molecule has 1 aliphatic rings. The molecular weight excluding hydrogens is 230 g/mol. The Morgan fingerprint density at radius 3 is 3.00 bits per heavy atom. The zero-order chi connectivity index (χ0) is 11.8. The van der Waals surface area contributed by atoms with Crippen molar-refractivity contribution in [2.24, 2.45) is 0 Å². The molecule has 0 radical (unpaired) electrons. The van der Waals surface area contributed by atoms with Crippen molar-refractivity contribution in [3.05, 3.63) is 45.4 Å².